The van der Waals surface area contributed by atoms with Crippen LogP contribution in [0.2, 0.25) is 0 Å². The van der Waals surface area contributed by atoms with Gasteiger partial charge in [0.25, 0.3) is 0 Å². The number of hydrogen-bond acceptors (Lipinski definition) is 7. The Hall–Kier alpha value is -2.79. The Morgan fingerprint density at radius 1 is 1.03 bits per heavy atom. The maximum absolute atomic E-state index is 4.75. The quantitative estimate of drug-likeness (QED) is 0.450. The van der Waals surface area contributed by atoms with Crippen LogP contribution in [0.15, 0.2) is 36.4 Å². The zero-order chi connectivity index (χ0) is 22.3. The lowest BCUT2D eigenvalue weighted by atomic mass is 10.2. The molecule has 0 saturated carbocycles. The molecule has 4 rings (SSSR count). The van der Waals surface area contributed by atoms with Gasteiger partial charge >= 0.3 is 0 Å². The van der Waals surface area contributed by atoms with E-state index >= 15 is 0 Å². The van der Waals surface area contributed by atoms with Gasteiger partial charge in [-0.2, -0.15) is 20.1 Å². The van der Waals surface area contributed by atoms with Gasteiger partial charge in [-0.15, -0.1) is 0 Å². The molecule has 2 aromatic heterocycles. The Balaban J connectivity index is 1.63. The van der Waals surface area contributed by atoms with Crippen LogP contribution < -0.4 is 10.2 Å². The van der Waals surface area contributed by atoms with Crippen LogP contribution in [0.5, 0.6) is 0 Å². The molecular formula is C23H27IN8. The summed E-state index contributed by atoms with van der Waals surface area (Å²) in [6, 6.07) is 10.2. The van der Waals surface area contributed by atoms with Crippen LogP contribution in [0.3, 0.4) is 0 Å². The van der Waals surface area contributed by atoms with Gasteiger partial charge in [0.15, 0.2) is 11.6 Å². The lowest BCUT2D eigenvalue weighted by Gasteiger charge is -2.21. The zero-order valence-electron chi connectivity index (χ0n) is 18.3. The normalized spacial score (nSPS) is 15.5. The second-order valence-corrected chi connectivity index (χ2v) is 8.93. The number of halogens is 1. The molecule has 1 aliphatic rings. The summed E-state index contributed by atoms with van der Waals surface area (Å²) < 4.78 is 1.19. The largest absolute Gasteiger partial charge is 0.339 e. The monoisotopic (exact) mass is 542 g/mol. The molecule has 0 bridgehead atoms. The topological polar surface area (TPSA) is 85.9 Å². The molecule has 0 radical (unpaired) electrons. The number of aromatic nitrogens is 5. The molecule has 3 heterocycles. The number of anilines is 3. The first-order chi connectivity index (χ1) is 15.6. The highest BCUT2D eigenvalue weighted by Crippen LogP contribution is 2.18. The number of nitrogens with zero attached hydrogens (tertiary/aromatic N) is 6. The minimum Gasteiger partial charge on any atom is -0.339 e. The van der Waals surface area contributed by atoms with Crippen LogP contribution in [0.4, 0.5) is 17.7 Å². The molecule has 0 amide bonds. The molecule has 3 aromatic rings. The number of nitrogens with one attached hydrogen (secondary N) is 2. The van der Waals surface area contributed by atoms with E-state index in [1.54, 1.807) is 0 Å². The number of likely N-dealkylation sites (N-methyl/N-ethyl adjacent to an activating group) is 1. The standard InChI is InChI=1S/C23H27IN8/c1-3-6-19-16-21(30-29-19)26-22-25-20(10-9-17-7-4-8-18(24)15-17)27-23(28-22)32-12-5-11-31(2)13-14-32/h3-4,6-10,15-16H,5,11-14H2,1-2H3,(H2,25,26,27,28,29,30)/b6-3+,10-9+. The summed E-state index contributed by atoms with van der Waals surface area (Å²) in [4.78, 5) is 18.7. The molecule has 0 spiro atoms. The van der Waals surface area contributed by atoms with Crippen LogP contribution in [0, 0.1) is 3.57 Å². The van der Waals surface area contributed by atoms with E-state index in [1.165, 1.54) is 3.57 Å². The molecule has 0 aliphatic carbocycles. The fourth-order valence-corrected chi connectivity index (χ4v) is 4.03. The third kappa shape index (κ3) is 6.13. The van der Waals surface area contributed by atoms with Crippen molar-refractivity contribution in [3.8, 4) is 0 Å². The third-order valence-electron chi connectivity index (χ3n) is 5.10. The Bertz CT molecular complexity index is 1110. The van der Waals surface area contributed by atoms with Crippen molar-refractivity contribution in [3.05, 3.63) is 57.1 Å². The fourth-order valence-electron chi connectivity index (χ4n) is 3.46. The van der Waals surface area contributed by atoms with E-state index in [2.05, 4.69) is 78.1 Å². The van der Waals surface area contributed by atoms with Gasteiger partial charge in [-0.1, -0.05) is 24.3 Å². The van der Waals surface area contributed by atoms with Crippen molar-refractivity contribution in [1.29, 1.82) is 0 Å². The van der Waals surface area contributed by atoms with Gasteiger partial charge in [0.1, 0.15) is 0 Å². The second kappa shape index (κ2) is 10.7. The van der Waals surface area contributed by atoms with Crippen molar-refractivity contribution in [3.63, 3.8) is 0 Å². The van der Waals surface area contributed by atoms with Crippen molar-refractivity contribution in [2.24, 2.45) is 0 Å². The number of rotatable bonds is 6. The lowest BCUT2D eigenvalue weighted by Crippen LogP contribution is -2.30. The van der Waals surface area contributed by atoms with Gasteiger partial charge < -0.3 is 15.1 Å². The summed E-state index contributed by atoms with van der Waals surface area (Å²) in [7, 11) is 2.15. The van der Waals surface area contributed by atoms with Gasteiger partial charge in [0, 0.05) is 29.3 Å². The van der Waals surface area contributed by atoms with Gasteiger partial charge in [-0.3, -0.25) is 5.10 Å². The molecule has 0 atom stereocenters. The highest BCUT2D eigenvalue weighted by atomic mass is 127. The molecule has 2 N–H and O–H groups in total. The molecular weight excluding hydrogens is 515 g/mol. The number of allylic oxidation sites excluding steroid dienone is 1. The van der Waals surface area contributed by atoms with Crippen LogP contribution in [-0.4, -0.2) is 63.3 Å². The Morgan fingerprint density at radius 2 is 1.94 bits per heavy atom. The Labute approximate surface area is 202 Å². The molecule has 1 aromatic carbocycles. The molecule has 0 unspecified atom stereocenters. The number of hydrogen-bond donors (Lipinski definition) is 2. The van der Waals surface area contributed by atoms with E-state index in [9.17, 15) is 0 Å². The molecule has 1 aliphatic heterocycles. The SMILES string of the molecule is C/C=C/c1cc(Nc2nc(/C=C/c3cccc(I)c3)nc(N3CCCN(C)CC3)n2)n[nH]1. The van der Waals surface area contributed by atoms with Crippen LogP contribution in [-0.2, 0) is 0 Å². The predicted molar refractivity (Wildman–Crippen MR) is 139 cm³/mol. The molecule has 1 fully saturated rings. The van der Waals surface area contributed by atoms with E-state index < -0.39 is 0 Å². The number of benzene rings is 1. The summed E-state index contributed by atoms with van der Waals surface area (Å²) in [5, 5.41) is 10.5. The summed E-state index contributed by atoms with van der Waals surface area (Å²) >= 11 is 2.31. The van der Waals surface area contributed by atoms with Gasteiger partial charge in [0.2, 0.25) is 11.9 Å². The third-order valence-corrected chi connectivity index (χ3v) is 5.77. The first-order valence-corrected chi connectivity index (χ1v) is 11.8. The van der Waals surface area contributed by atoms with E-state index in [-0.39, 0.29) is 0 Å². The average molecular weight is 542 g/mol. The Morgan fingerprint density at radius 3 is 2.78 bits per heavy atom. The number of H-pyrrole nitrogens is 1. The van der Waals surface area contributed by atoms with Crippen molar-refractivity contribution >= 4 is 58.5 Å². The summed E-state index contributed by atoms with van der Waals surface area (Å²) in [6.45, 7) is 5.83. The van der Waals surface area contributed by atoms with Crippen molar-refractivity contribution in [2.45, 2.75) is 13.3 Å². The first-order valence-electron chi connectivity index (χ1n) is 10.7. The molecule has 32 heavy (non-hydrogen) atoms. The summed E-state index contributed by atoms with van der Waals surface area (Å²) in [5.74, 6) is 2.44. The minimum atomic E-state index is 0.480. The van der Waals surface area contributed by atoms with Crippen LogP contribution in [0.1, 0.15) is 30.4 Å². The molecule has 8 nitrogen and oxygen atoms in total. The summed E-state index contributed by atoms with van der Waals surface area (Å²) in [6.07, 6.45) is 8.95. The minimum absolute atomic E-state index is 0.480. The summed E-state index contributed by atoms with van der Waals surface area (Å²) in [5.41, 5.74) is 2.02. The van der Waals surface area contributed by atoms with Crippen molar-refractivity contribution in [1.82, 2.24) is 30.0 Å². The predicted octanol–water partition coefficient (Wildman–Crippen LogP) is 4.29. The Kier molecular flexibility index (Phi) is 7.48. The van der Waals surface area contributed by atoms with Crippen molar-refractivity contribution in [2.75, 3.05) is 43.4 Å². The zero-order valence-corrected chi connectivity index (χ0v) is 20.5. The second-order valence-electron chi connectivity index (χ2n) is 7.68. The highest BCUT2D eigenvalue weighted by Gasteiger charge is 2.17. The smallest absolute Gasteiger partial charge is 0.233 e. The van der Waals surface area contributed by atoms with Crippen LogP contribution in [0.25, 0.3) is 18.2 Å². The molecule has 1 saturated heterocycles. The average Bonchev–Trinajstić information content (AvgIpc) is 3.09. The number of aromatic amines is 1. The maximum Gasteiger partial charge on any atom is 0.233 e. The van der Waals surface area contributed by atoms with Gasteiger partial charge in [0.05, 0.1) is 5.69 Å². The molecule has 166 valence electrons. The van der Waals surface area contributed by atoms with E-state index in [4.69, 9.17) is 9.97 Å². The van der Waals surface area contributed by atoms with E-state index in [0.29, 0.717) is 23.5 Å². The molecule has 9 heteroatoms. The van der Waals surface area contributed by atoms with Gasteiger partial charge in [-0.05, 0) is 79.4 Å². The van der Waals surface area contributed by atoms with Gasteiger partial charge in [-0.25, -0.2) is 0 Å². The maximum atomic E-state index is 4.75. The van der Waals surface area contributed by atoms with Crippen LogP contribution >= 0.6 is 22.6 Å². The highest BCUT2D eigenvalue weighted by molar-refractivity contribution is 14.1. The first kappa shape index (κ1) is 22.4. The fraction of sp³-hybridized carbons (Fsp3) is 0.304. The van der Waals surface area contributed by atoms with Crippen molar-refractivity contribution < 1.29 is 0 Å². The van der Waals surface area contributed by atoms with E-state index in [1.807, 2.05) is 43.4 Å². The lowest BCUT2D eigenvalue weighted by molar-refractivity contribution is 0.360. The van der Waals surface area contributed by atoms with E-state index in [0.717, 1.165) is 43.9 Å².